The molecular formula is C17H24N4O2. The number of rotatable bonds is 5. The fourth-order valence-electron chi connectivity index (χ4n) is 2.96. The van der Waals surface area contributed by atoms with E-state index >= 15 is 0 Å². The molecule has 0 spiro atoms. The van der Waals surface area contributed by atoms with Gasteiger partial charge in [0, 0.05) is 32.8 Å². The molecule has 1 atom stereocenters. The molecule has 2 aromatic heterocycles. The van der Waals surface area contributed by atoms with E-state index in [1.165, 1.54) is 0 Å². The Morgan fingerprint density at radius 3 is 2.83 bits per heavy atom. The van der Waals surface area contributed by atoms with E-state index in [4.69, 9.17) is 9.72 Å². The second-order valence-corrected chi connectivity index (χ2v) is 6.50. The van der Waals surface area contributed by atoms with Gasteiger partial charge in [0.25, 0.3) is 5.91 Å². The zero-order valence-electron chi connectivity index (χ0n) is 14.5. The number of aryl methyl sites for hydroxylation is 2. The largest absolute Gasteiger partial charge is 0.383 e. The van der Waals surface area contributed by atoms with E-state index in [1.807, 2.05) is 34.0 Å². The Hall–Kier alpha value is -1.95. The van der Waals surface area contributed by atoms with E-state index in [9.17, 15) is 4.79 Å². The third-order valence-electron chi connectivity index (χ3n) is 4.60. The van der Waals surface area contributed by atoms with Crippen molar-refractivity contribution in [3.8, 4) is 0 Å². The Morgan fingerprint density at radius 2 is 2.22 bits per heavy atom. The van der Waals surface area contributed by atoms with Crippen LogP contribution >= 0.6 is 0 Å². The van der Waals surface area contributed by atoms with Crippen molar-refractivity contribution in [2.45, 2.75) is 38.6 Å². The van der Waals surface area contributed by atoms with Crippen LogP contribution in [0.4, 0.5) is 0 Å². The first-order valence-electron chi connectivity index (χ1n) is 8.04. The first-order chi connectivity index (χ1) is 10.9. The summed E-state index contributed by atoms with van der Waals surface area (Å²) in [6, 6.07) is 1.98. The van der Waals surface area contributed by atoms with Crippen LogP contribution in [0.3, 0.4) is 0 Å². The molecule has 0 N–H and O–H groups in total. The van der Waals surface area contributed by atoms with E-state index in [0.717, 1.165) is 35.3 Å². The fourth-order valence-corrected chi connectivity index (χ4v) is 2.96. The van der Waals surface area contributed by atoms with Crippen LogP contribution in [0.1, 0.15) is 47.4 Å². The van der Waals surface area contributed by atoms with Crippen LogP contribution in [0.5, 0.6) is 0 Å². The number of methoxy groups -OCH3 is 1. The Balaban J connectivity index is 2.09. The Bertz CT molecular complexity index is 749. The number of fused-ring (bicyclic) bond motifs is 1. The minimum Gasteiger partial charge on any atom is -0.383 e. The lowest BCUT2D eigenvalue weighted by molar-refractivity contribution is 0.0635. The molecular weight excluding hydrogens is 292 g/mol. The molecule has 2 aromatic rings. The summed E-state index contributed by atoms with van der Waals surface area (Å²) in [5, 5.41) is 5.31. The predicted octanol–water partition coefficient (Wildman–Crippen LogP) is 2.26. The van der Waals surface area contributed by atoms with Gasteiger partial charge in [-0.25, -0.2) is 4.98 Å². The average molecular weight is 316 g/mol. The molecule has 2 heterocycles. The van der Waals surface area contributed by atoms with E-state index in [1.54, 1.807) is 16.7 Å². The summed E-state index contributed by atoms with van der Waals surface area (Å²) in [7, 11) is 5.35. The third kappa shape index (κ3) is 2.83. The van der Waals surface area contributed by atoms with Gasteiger partial charge in [-0.3, -0.25) is 9.48 Å². The molecule has 0 bridgehead atoms. The van der Waals surface area contributed by atoms with Gasteiger partial charge in [0.1, 0.15) is 0 Å². The standard InChI is InChI=1S/C17H24N4O2/c1-10(9-23-5)20(3)17(22)13-8-14(12-6-7-12)18-16-15(13)11(2)19-21(16)4/h8,10,12H,6-7,9H2,1-5H3. The van der Waals surface area contributed by atoms with Crippen LogP contribution < -0.4 is 0 Å². The molecule has 3 rings (SSSR count). The molecule has 124 valence electrons. The van der Waals surface area contributed by atoms with Gasteiger partial charge in [-0.1, -0.05) is 0 Å². The number of pyridine rings is 1. The monoisotopic (exact) mass is 316 g/mol. The Morgan fingerprint density at radius 1 is 1.52 bits per heavy atom. The number of likely N-dealkylation sites (N-methyl/N-ethyl adjacent to an activating group) is 1. The minimum atomic E-state index is -0.0000463. The summed E-state index contributed by atoms with van der Waals surface area (Å²) in [6.07, 6.45) is 2.30. The number of aromatic nitrogens is 3. The number of ether oxygens (including phenoxy) is 1. The second-order valence-electron chi connectivity index (χ2n) is 6.50. The highest BCUT2D eigenvalue weighted by molar-refractivity contribution is 6.06. The molecule has 1 amide bonds. The zero-order chi connectivity index (χ0) is 16.7. The lowest BCUT2D eigenvalue weighted by Crippen LogP contribution is -2.38. The molecule has 1 fully saturated rings. The van der Waals surface area contributed by atoms with Crippen molar-refractivity contribution in [1.29, 1.82) is 0 Å². The van der Waals surface area contributed by atoms with Crippen molar-refractivity contribution in [3.05, 3.63) is 23.0 Å². The highest BCUT2D eigenvalue weighted by Gasteiger charge is 2.29. The van der Waals surface area contributed by atoms with Crippen LogP contribution in [0, 0.1) is 6.92 Å². The molecule has 6 nitrogen and oxygen atoms in total. The number of carbonyl (C=O) groups excluding carboxylic acids is 1. The normalized spacial score (nSPS) is 15.9. The number of nitrogens with zero attached hydrogens (tertiary/aromatic N) is 4. The second kappa shape index (κ2) is 5.92. The highest BCUT2D eigenvalue weighted by atomic mass is 16.5. The van der Waals surface area contributed by atoms with Crippen LogP contribution in [0.25, 0.3) is 11.0 Å². The predicted molar refractivity (Wildman–Crippen MR) is 88.7 cm³/mol. The Labute approximate surface area is 136 Å². The van der Waals surface area contributed by atoms with Crippen molar-refractivity contribution >= 4 is 16.9 Å². The van der Waals surface area contributed by atoms with Crippen molar-refractivity contribution in [2.75, 3.05) is 20.8 Å². The maximum atomic E-state index is 13.0. The molecule has 6 heteroatoms. The van der Waals surface area contributed by atoms with Gasteiger partial charge >= 0.3 is 0 Å². The van der Waals surface area contributed by atoms with Crippen molar-refractivity contribution in [2.24, 2.45) is 7.05 Å². The van der Waals surface area contributed by atoms with Gasteiger partial charge < -0.3 is 9.64 Å². The highest BCUT2D eigenvalue weighted by Crippen LogP contribution is 2.40. The first kappa shape index (κ1) is 15.9. The smallest absolute Gasteiger partial charge is 0.254 e. The molecule has 0 saturated heterocycles. The van der Waals surface area contributed by atoms with Gasteiger partial charge in [-0.15, -0.1) is 0 Å². The van der Waals surface area contributed by atoms with Crippen LogP contribution in [-0.4, -0.2) is 52.4 Å². The van der Waals surface area contributed by atoms with Crippen molar-refractivity contribution in [3.63, 3.8) is 0 Å². The molecule has 0 radical (unpaired) electrons. The minimum absolute atomic E-state index is 0.0000463. The van der Waals surface area contributed by atoms with Gasteiger partial charge in [-0.2, -0.15) is 5.10 Å². The van der Waals surface area contributed by atoms with E-state index in [2.05, 4.69) is 5.10 Å². The van der Waals surface area contributed by atoms with E-state index < -0.39 is 0 Å². The topological polar surface area (TPSA) is 60.2 Å². The summed E-state index contributed by atoms with van der Waals surface area (Å²) in [5.74, 6) is 0.489. The first-order valence-corrected chi connectivity index (χ1v) is 8.04. The van der Waals surface area contributed by atoms with Gasteiger partial charge in [0.2, 0.25) is 0 Å². The average Bonchev–Trinajstić information content (AvgIpc) is 3.33. The molecule has 23 heavy (non-hydrogen) atoms. The maximum absolute atomic E-state index is 13.0. The summed E-state index contributed by atoms with van der Waals surface area (Å²) in [5.41, 5.74) is 3.35. The van der Waals surface area contributed by atoms with E-state index in [-0.39, 0.29) is 11.9 Å². The summed E-state index contributed by atoms with van der Waals surface area (Å²) in [6.45, 7) is 4.42. The fraction of sp³-hybridized carbons (Fsp3) is 0.588. The molecule has 0 aromatic carbocycles. The van der Waals surface area contributed by atoms with Crippen LogP contribution in [-0.2, 0) is 11.8 Å². The van der Waals surface area contributed by atoms with Crippen molar-refractivity contribution in [1.82, 2.24) is 19.7 Å². The molecule has 1 aliphatic rings. The van der Waals surface area contributed by atoms with Gasteiger partial charge in [-0.05, 0) is 32.8 Å². The molecule has 1 saturated carbocycles. The zero-order valence-corrected chi connectivity index (χ0v) is 14.5. The number of amides is 1. The summed E-state index contributed by atoms with van der Waals surface area (Å²) >= 11 is 0. The van der Waals surface area contributed by atoms with Crippen LogP contribution in [0.15, 0.2) is 6.07 Å². The van der Waals surface area contributed by atoms with Crippen LogP contribution in [0.2, 0.25) is 0 Å². The SMILES string of the molecule is COCC(C)N(C)C(=O)c1cc(C2CC2)nc2c1c(C)nn2C. The van der Waals surface area contributed by atoms with Crippen molar-refractivity contribution < 1.29 is 9.53 Å². The van der Waals surface area contributed by atoms with Gasteiger partial charge in [0.05, 0.1) is 29.3 Å². The summed E-state index contributed by atoms with van der Waals surface area (Å²) < 4.78 is 6.95. The molecule has 1 unspecified atom stereocenters. The lowest BCUT2D eigenvalue weighted by atomic mass is 10.1. The number of carbonyl (C=O) groups is 1. The molecule has 1 aliphatic carbocycles. The van der Waals surface area contributed by atoms with E-state index in [0.29, 0.717) is 18.1 Å². The van der Waals surface area contributed by atoms with Gasteiger partial charge in [0.15, 0.2) is 5.65 Å². The Kier molecular flexibility index (Phi) is 4.10. The molecule has 0 aliphatic heterocycles. The lowest BCUT2D eigenvalue weighted by Gasteiger charge is -2.25. The number of hydrogen-bond acceptors (Lipinski definition) is 4. The number of hydrogen-bond donors (Lipinski definition) is 0. The maximum Gasteiger partial charge on any atom is 0.254 e. The quantitative estimate of drug-likeness (QED) is 0.849. The summed E-state index contributed by atoms with van der Waals surface area (Å²) in [4.78, 5) is 19.5. The third-order valence-corrected chi connectivity index (χ3v) is 4.60.